The monoisotopic (exact) mass is 316 g/mol. The minimum atomic E-state index is -0.971. The molecule has 122 valence electrons. The maximum Gasteiger partial charge on any atom is 0.341 e. The maximum atomic E-state index is 10.5. The number of rotatable bonds is 6. The first-order chi connectivity index (χ1) is 11.2. The number of nitrogens with zero attached hydrogens (tertiary/aromatic N) is 3. The standard InChI is InChI=1S/C16H20N4O3/c21-15(22)10-23-14-5-3-12(4-6-14)8-20-7-1-2-13(9-20)16-17-11-18-19-16/h3-6,11,13H,1-2,7-10H2,(H,21,22)(H,17,18,19)/t13-/m1/s1. The summed E-state index contributed by atoms with van der Waals surface area (Å²) in [5, 5.41) is 15.5. The summed E-state index contributed by atoms with van der Waals surface area (Å²) >= 11 is 0. The molecule has 3 rings (SSSR count). The van der Waals surface area contributed by atoms with E-state index in [4.69, 9.17) is 9.84 Å². The summed E-state index contributed by atoms with van der Waals surface area (Å²) in [7, 11) is 0. The lowest BCUT2D eigenvalue weighted by Crippen LogP contribution is -2.34. The van der Waals surface area contributed by atoms with Crippen molar-refractivity contribution in [2.45, 2.75) is 25.3 Å². The predicted octanol–water partition coefficient (Wildman–Crippen LogP) is 1.65. The molecule has 1 fully saturated rings. The number of piperidine rings is 1. The van der Waals surface area contributed by atoms with E-state index in [1.54, 1.807) is 6.33 Å². The minimum Gasteiger partial charge on any atom is -0.482 e. The van der Waals surface area contributed by atoms with Gasteiger partial charge in [0.2, 0.25) is 0 Å². The number of hydrogen-bond acceptors (Lipinski definition) is 5. The van der Waals surface area contributed by atoms with Crippen LogP contribution in [0, 0.1) is 0 Å². The van der Waals surface area contributed by atoms with Crippen molar-refractivity contribution >= 4 is 5.97 Å². The van der Waals surface area contributed by atoms with Crippen molar-refractivity contribution in [3.63, 3.8) is 0 Å². The second-order valence-electron chi connectivity index (χ2n) is 5.77. The molecule has 2 aromatic rings. The van der Waals surface area contributed by atoms with Crippen LogP contribution in [0.25, 0.3) is 0 Å². The Hall–Kier alpha value is -2.41. The van der Waals surface area contributed by atoms with E-state index < -0.39 is 5.97 Å². The van der Waals surface area contributed by atoms with Crippen LogP contribution in [0.3, 0.4) is 0 Å². The third-order valence-corrected chi connectivity index (χ3v) is 4.02. The van der Waals surface area contributed by atoms with Gasteiger partial charge in [-0.1, -0.05) is 12.1 Å². The van der Waals surface area contributed by atoms with Gasteiger partial charge in [-0.05, 0) is 37.1 Å². The summed E-state index contributed by atoms with van der Waals surface area (Å²) in [5.74, 6) is 0.978. The van der Waals surface area contributed by atoms with Crippen LogP contribution in [0.15, 0.2) is 30.6 Å². The quantitative estimate of drug-likeness (QED) is 0.842. The molecule has 1 aliphatic rings. The number of aliphatic carboxylic acids is 1. The van der Waals surface area contributed by atoms with Crippen LogP contribution in [0.1, 0.15) is 30.1 Å². The molecule has 0 spiro atoms. The van der Waals surface area contributed by atoms with Gasteiger partial charge in [-0.3, -0.25) is 10.00 Å². The zero-order chi connectivity index (χ0) is 16.1. The average molecular weight is 316 g/mol. The number of carboxylic acids is 1. The summed E-state index contributed by atoms with van der Waals surface area (Å²) in [6, 6.07) is 7.59. The third-order valence-electron chi connectivity index (χ3n) is 4.02. The van der Waals surface area contributed by atoms with Crippen molar-refractivity contribution in [1.29, 1.82) is 0 Å². The molecule has 0 aliphatic carbocycles. The fraction of sp³-hybridized carbons (Fsp3) is 0.438. The van der Waals surface area contributed by atoms with Gasteiger partial charge in [-0.25, -0.2) is 9.78 Å². The van der Waals surface area contributed by atoms with Crippen LogP contribution in [0.4, 0.5) is 0 Å². The van der Waals surface area contributed by atoms with Crippen LogP contribution in [0.5, 0.6) is 5.75 Å². The summed E-state index contributed by atoms with van der Waals surface area (Å²) in [6.45, 7) is 2.59. The number of aromatic amines is 1. The maximum absolute atomic E-state index is 10.5. The lowest BCUT2D eigenvalue weighted by molar-refractivity contribution is -0.139. The van der Waals surface area contributed by atoms with Crippen molar-refractivity contribution in [3.8, 4) is 5.75 Å². The zero-order valence-corrected chi connectivity index (χ0v) is 12.8. The van der Waals surface area contributed by atoms with Crippen molar-refractivity contribution in [2.24, 2.45) is 0 Å². The van der Waals surface area contributed by atoms with E-state index in [0.29, 0.717) is 11.7 Å². The molecule has 1 aromatic carbocycles. The van der Waals surface area contributed by atoms with E-state index >= 15 is 0 Å². The Morgan fingerprint density at radius 1 is 1.39 bits per heavy atom. The van der Waals surface area contributed by atoms with Gasteiger partial charge in [0.25, 0.3) is 0 Å². The van der Waals surface area contributed by atoms with Gasteiger partial charge in [0.15, 0.2) is 6.61 Å². The Bertz CT molecular complexity index is 627. The van der Waals surface area contributed by atoms with Crippen LogP contribution in [-0.4, -0.2) is 50.9 Å². The molecule has 1 atom stereocenters. The molecule has 0 radical (unpaired) electrons. The highest BCUT2D eigenvalue weighted by molar-refractivity contribution is 5.68. The highest BCUT2D eigenvalue weighted by Crippen LogP contribution is 2.25. The number of ether oxygens (including phenoxy) is 1. The fourth-order valence-electron chi connectivity index (χ4n) is 2.93. The Kier molecular flexibility index (Phi) is 4.87. The van der Waals surface area contributed by atoms with Crippen molar-refractivity contribution in [3.05, 3.63) is 42.0 Å². The number of H-pyrrole nitrogens is 1. The number of benzene rings is 1. The molecule has 2 N–H and O–H groups in total. The molecular weight excluding hydrogens is 296 g/mol. The molecule has 1 aromatic heterocycles. The molecule has 1 aliphatic heterocycles. The molecule has 0 bridgehead atoms. The van der Waals surface area contributed by atoms with Crippen LogP contribution < -0.4 is 4.74 Å². The first-order valence-electron chi connectivity index (χ1n) is 7.72. The van der Waals surface area contributed by atoms with E-state index in [0.717, 1.165) is 38.3 Å². The number of nitrogens with one attached hydrogen (secondary N) is 1. The van der Waals surface area contributed by atoms with Crippen molar-refractivity contribution in [2.75, 3.05) is 19.7 Å². The van der Waals surface area contributed by atoms with E-state index in [9.17, 15) is 4.79 Å². The second kappa shape index (κ2) is 7.23. The molecule has 7 heteroatoms. The topological polar surface area (TPSA) is 91.3 Å². The Balaban J connectivity index is 1.55. The largest absolute Gasteiger partial charge is 0.482 e. The molecular formula is C16H20N4O3. The van der Waals surface area contributed by atoms with Gasteiger partial charge in [-0.2, -0.15) is 5.10 Å². The van der Waals surface area contributed by atoms with Gasteiger partial charge in [0.1, 0.15) is 17.9 Å². The highest BCUT2D eigenvalue weighted by atomic mass is 16.5. The molecule has 1 saturated heterocycles. The van der Waals surface area contributed by atoms with Gasteiger partial charge in [0.05, 0.1) is 0 Å². The van der Waals surface area contributed by atoms with Crippen LogP contribution >= 0.6 is 0 Å². The summed E-state index contributed by atoms with van der Waals surface area (Å²) in [5.41, 5.74) is 1.19. The molecule has 7 nitrogen and oxygen atoms in total. The van der Waals surface area contributed by atoms with E-state index in [1.165, 1.54) is 5.56 Å². The van der Waals surface area contributed by atoms with Crippen LogP contribution in [-0.2, 0) is 11.3 Å². The number of aromatic nitrogens is 3. The molecule has 0 amide bonds. The molecule has 23 heavy (non-hydrogen) atoms. The van der Waals surface area contributed by atoms with E-state index in [2.05, 4.69) is 20.1 Å². The van der Waals surface area contributed by atoms with E-state index in [1.807, 2.05) is 24.3 Å². The normalized spacial score (nSPS) is 18.7. The first kappa shape index (κ1) is 15.5. The van der Waals surface area contributed by atoms with Gasteiger partial charge in [0, 0.05) is 19.0 Å². The average Bonchev–Trinajstić information content (AvgIpc) is 3.09. The smallest absolute Gasteiger partial charge is 0.341 e. The number of carboxylic acid groups (broad SMARTS) is 1. The van der Waals surface area contributed by atoms with Gasteiger partial charge < -0.3 is 9.84 Å². The first-order valence-corrected chi connectivity index (χ1v) is 7.72. The third kappa shape index (κ3) is 4.29. The lowest BCUT2D eigenvalue weighted by Gasteiger charge is -2.31. The molecule has 2 heterocycles. The zero-order valence-electron chi connectivity index (χ0n) is 12.8. The fourth-order valence-corrected chi connectivity index (χ4v) is 2.93. The van der Waals surface area contributed by atoms with E-state index in [-0.39, 0.29) is 6.61 Å². The van der Waals surface area contributed by atoms with Crippen LogP contribution in [0.2, 0.25) is 0 Å². The van der Waals surface area contributed by atoms with Crippen molar-refractivity contribution in [1.82, 2.24) is 20.1 Å². The minimum absolute atomic E-state index is 0.315. The number of likely N-dealkylation sites (tertiary alicyclic amines) is 1. The van der Waals surface area contributed by atoms with Gasteiger partial charge >= 0.3 is 5.97 Å². The highest BCUT2D eigenvalue weighted by Gasteiger charge is 2.23. The summed E-state index contributed by atoms with van der Waals surface area (Å²) in [4.78, 5) is 17.2. The SMILES string of the molecule is O=C(O)COc1ccc(CN2CCC[C@@H](c3ncn[nH]3)C2)cc1. The number of carbonyl (C=O) groups is 1. The predicted molar refractivity (Wildman–Crippen MR) is 83.2 cm³/mol. The molecule has 0 unspecified atom stereocenters. The Morgan fingerprint density at radius 2 is 2.22 bits per heavy atom. The summed E-state index contributed by atoms with van der Waals surface area (Å²) in [6.07, 6.45) is 3.84. The Labute approximate surface area is 134 Å². The second-order valence-corrected chi connectivity index (χ2v) is 5.77. The summed E-state index contributed by atoms with van der Waals surface area (Å²) < 4.78 is 5.15. The Morgan fingerprint density at radius 3 is 2.91 bits per heavy atom. The molecule has 0 saturated carbocycles. The van der Waals surface area contributed by atoms with Crippen molar-refractivity contribution < 1.29 is 14.6 Å². The number of hydrogen-bond donors (Lipinski definition) is 2. The van der Waals surface area contributed by atoms with Gasteiger partial charge in [-0.15, -0.1) is 0 Å². The lowest BCUT2D eigenvalue weighted by atomic mass is 9.97.